The monoisotopic (exact) mass is 418 g/mol. The lowest BCUT2D eigenvalue weighted by molar-refractivity contribution is -0.390. The highest BCUT2D eigenvalue weighted by Crippen LogP contribution is 2.26. The summed E-state index contributed by atoms with van der Waals surface area (Å²) in [6, 6.07) is 9.26. The minimum absolute atomic E-state index is 0.123. The topological polar surface area (TPSA) is 108 Å². The molecule has 3 rings (SSSR count). The molecule has 0 aliphatic heterocycles. The quantitative estimate of drug-likeness (QED) is 0.488. The maximum Gasteiger partial charge on any atom is 0.404 e. The van der Waals surface area contributed by atoms with Crippen molar-refractivity contribution in [1.82, 2.24) is 19.6 Å². The van der Waals surface area contributed by atoms with Crippen molar-refractivity contribution in [3.05, 3.63) is 68.6 Å². The minimum atomic E-state index is -0.593. The van der Waals surface area contributed by atoms with Gasteiger partial charge in [0.05, 0.1) is 17.3 Å². The van der Waals surface area contributed by atoms with E-state index in [1.165, 1.54) is 4.68 Å². The van der Waals surface area contributed by atoms with Gasteiger partial charge in [-0.1, -0.05) is 12.1 Å². The molecule has 1 aromatic carbocycles. The van der Waals surface area contributed by atoms with E-state index < -0.39 is 4.92 Å². The molecule has 2 aromatic heterocycles. The third kappa shape index (κ3) is 3.97. The molecule has 0 saturated heterocycles. The number of nitrogens with zero attached hydrogens (tertiary/aromatic N) is 5. The Bertz CT molecular complexity index is 951. The fourth-order valence-corrected chi connectivity index (χ4v) is 2.87. The van der Waals surface area contributed by atoms with Crippen molar-refractivity contribution < 1.29 is 9.72 Å². The van der Waals surface area contributed by atoms with Gasteiger partial charge in [0, 0.05) is 18.1 Å². The van der Waals surface area contributed by atoms with E-state index in [2.05, 4.69) is 31.4 Å². The second-order valence-corrected chi connectivity index (χ2v) is 6.38. The molecule has 0 aliphatic rings. The highest BCUT2D eigenvalue weighted by Gasteiger charge is 2.24. The molecular formula is C16H15BrN6O3. The van der Waals surface area contributed by atoms with Gasteiger partial charge in [0.2, 0.25) is 5.91 Å². The first-order valence-corrected chi connectivity index (χ1v) is 8.47. The Kier molecular flexibility index (Phi) is 5.12. The molecule has 0 fully saturated rings. The summed E-state index contributed by atoms with van der Waals surface area (Å²) in [5.41, 5.74) is 2.14. The van der Waals surface area contributed by atoms with Gasteiger partial charge in [-0.3, -0.25) is 9.48 Å². The summed E-state index contributed by atoms with van der Waals surface area (Å²) in [6.45, 7) is 2.12. The molecule has 0 saturated carbocycles. The first-order valence-electron chi connectivity index (χ1n) is 7.67. The van der Waals surface area contributed by atoms with Crippen LogP contribution in [0.25, 0.3) is 0 Å². The van der Waals surface area contributed by atoms with E-state index in [0.29, 0.717) is 17.9 Å². The van der Waals surface area contributed by atoms with Crippen molar-refractivity contribution in [2.75, 3.05) is 5.32 Å². The van der Waals surface area contributed by atoms with Crippen LogP contribution >= 0.6 is 15.9 Å². The van der Waals surface area contributed by atoms with Gasteiger partial charge in [0.25, 0.3) is 0 Å². The number of aromatic nitrogens is 4. The Morgan fingerprint density at radius 3 is 2.85 bits per heavy atom. The lowest BCUT2D eigenvalue weighted by Crippen LogP contribution is -2.20. The molecule has 0 atom stereocenters. The normalized spacial score (nSPS) is 10.7. The number of benzene rings is 1. The van der Waals surface area contributed by atoms with Crippen molar-refractivity contribution >= 4 is 33.3 Å². The van der Waals surface area contributed by atoms with Crippen LogP contribution < -0.4 is 5.32 Å². The van der Waals surface area contributed by atoms with E-state index in [1.807, 2.05) is 30.5 Å². The lowest BCUT2D eigenvalue weighted by atomic mass is 10.2. The molecule has 0 bridgehead atoms. The van der Waals surface area contributed by atoms with Crippen LogP contribution in [0.4, 0.5) is 11.5 Å². The molecule has 0 radical (unpaired) electrons. The fraction of sp³-hybridized carbons (Fsp3) is 0.188. The second-order valence-electron chi connectivity index (χ2n) is 5.59. The van der Waals surface area contributed by atoms with Crippen LogP contribution in [-0.2, 0) is 17.9 Å². The van der Waals surface area contributed by atoms with Crippen molar-refractivity contribution in [2.24, 2.45) is 0 Å². The first-order chi connectivity index (χ1) is 12.4. The summed E-state index contributed by atoms with van der Waals surface area (Å²) in [4.78, 5) is 22.6. The molecule has 10 heteroatoms. The number of anilines is 1. The molecule has 3 aromatic rings. The predicted molar refractivity (Wildman–Crippen MR) is 97.7 cm³/mol. The number of carbonyl (C=O) groups is 1. The lowest BCUT2D eigenvalue weighted by Gasteiger charge is -2.07. The molecule has 9 nitrogen and oxygen atoms in total. The molecule has 1 amide bonds. The van der Waals surface area contributed by atoms with Crippen LogP contribution in [-0.4, -0.2) is 30.4 Å². The van der Waals surface area contributed by atoms with Crippen LogP contribution in [0.1, 0.15) is 11.3 Å². The zero-order valence-corrected chi connectivity index (χ0v) is 15.4. The first kappa shape index (κ1) is 17.8. The van der Waals surface area contributed by atoms with E-state index >= 15 is 0 Å². The van der Waals surface area contributed by atoms with Crippen LogP contribution in [0, 0.1) is 17.0 Å². The Labute approximate surface area is 156 Å². The molecule has 134 valence electrons. The third-order valence-corrected chi connectivity index (χ3v) is 4.63. The molecule has 0 unspecified atom stereocenters. The maximum absolute atomic E-state index is 12.3. The number of amides is 1. The van der Waals surface area contributed by atoms with Crippen molar-refractivity contribution in [2.45, 2.75) is 20.0 Å². The van der Waals surface area contributed by atoms with Gasteiger partial charge >= 0.3 is 5.82 Å². The number of carbonyl (C=O) groups excluding carboxylic acids is 1. The summed E-state index contributed by atoms with van der Waals surface area (Å²) >= 11 is 3.13. The Morgan fingerprint density at radius 2 is 2.19 bits per heavy atom. The number of hydrogen-bond acceptors (Lipinski definition) is 5. The van der Waals surface area contributed by atoms with Gasteiger partial charge in [-0.15, -0.1) is 0 Å². The molecular weight excluding hydrogens is 404 g/mol. The summed E-state index contributed by atoms with van der Waals surface area (Å²) in [6.07, 6.45) is 3.56. The van der Waals surface area contributed by atoms with Gasteiger partial charge in [-0.2, -0.15) is 9.78 Å². The van der Waals surface area contributed by atoms with Crippen molar-refractivity contribution in [3.63, 3.8) is 0 Å². The van der Waals surface area contributed by atoms with Crippen LogP contribution in [0.3, 0.4) is 0 Å². The standard InChI is InChI=1S/C16H15BrN6O3/c1-11-15(17)16(23(25)26)20-22(11)10-14(24)19-13-5-2-4-12(8-13)9-21-7-3-6-18-21/h2-8H,9-10H2,1H3,(H,19,24). The highest BCUT2D eigenvalue weighted by atomic mass is 79.9. The van der Waals surface area contributed by atoms with E-state index in [-0.39, 0.29) is 22.7 Å². The molecule has 0 spiro atoms. The SMILES string of the molecule is Cc1c(Br)c([N+](=O)[O-])nn1CC(=O)Nc1cccc(Cn2cccn2)c1. The van der Waals surface area contributed by atoms with Gasteiger partial charge in [-0.25, -0.2) is 0 Å². The van der Waals surface area contributed by atoms with E-state index in [1.54, 1.807) is 23.9 Å². The Morgan fingerprint density at radius 1 is 1.38 bits per heavy atom. The number of rotatable bonds is 6. The van der Waals surface area contributed by atoms with Crippen LogP contribution in [0.5, 0.6) is 0 Å². The second kappa shape index (κ2) is 7.48. The largest absolute Gasteiger partial charge is 0.404 e. The van der Waals surface area contributed by atoms with Gasteiger partial charge in [0.15, 0.2) is 0 Å². The molecule has 26 heavy (non-hydrogen) atoms. The predicted octanol–water partition coefficient (Wildman–Crippen LogP) is 2.75. The minimum Gasteiger partial charge on any atom is -0.358 e. The average molecular weight is 419 g/mol. The zero-order chi connectivity index (χ0) is 18.7. The number of halogens is 1. The van der Waals surface area contributed by atoms with Crippen molar-refractivity contribution in [3.8, 4) is 0 Å². The van der Waals surface area contributed by atoms with Gasteiger partial charge < -0.3 is 15.4 Å². The molecule has 2 heterocycles. The summed E-state index contributed by atoms with van der Waals surface area (Å²) in [7, 11) is 0. The zero-order valence-electron chi connectivity index (χ0n) is 13.8. The van der Waals surface area contributed by atoms with Crippen LogP contribution in [0.2, 0.25) is 0 Å². The number of nitro groups is 1. The fourth-order valence-electron chi connectivity index (χ4n) is 2.44. The highest BCUT2D eigenvalue weighted by molar-refractivity contribution is 9.10. The summed E-state index contributed by atoms with van der Waals surface area (Å²) in [5, 5.41) is 21.7. The van der Waals surface area contributed by atoms with Crippen LogP contribution in [0.15, 0.2) is 47.2 Å². The summed E-state index contributed by atoms with van der Waals surface area (Å²) in [5.74, 6) is -0.634. The molecule has 0 aliphatic carbocycles. The maximum atomic E-state index is 12.3. The number of nitrogens with one attached hydrogen (secondary N) is 1. The average Bonchev–Trinajstić information content (AvgIpc) is 3.19. The van der Waals surface area contributed by atoms with E-state index in [0.717, 1.165) is 5.56 Å². The van der Waals surface area contributed by atoms with Gasteiger partial charge in [0.1, 0.15) is 11.0 Å². The Balaban J connectivity index is 1.69. The smallest absolute Gasteiger partial charge is 0.358 e. The summed E-state index contributed by atoms with van der Waals surface area (Å²) < 4.78 is 3.35. The Hall–Kier alpha value is -3.01. The molecule has 1 N–H and O–H groups in total. The van der Waals surface area contributed by atoms with Crippen molar-refractivity contribution in [1.29, 1.82) is 0 Å². The third-order valence-electron chi connectivity index (χ3n) is 3.70. The van der Waals surface area contributed by atoms with E-state index in [9.17, 15) is 14.9 Å². The number of hydrogen-bond donors (Lipinski definition) is 1. The van der Waals surface area contributed by atoms with Gasteiger partial charge in [-0.05, 0) is 51.5 Å². The van der Waals surface area contributed by atoms with E-state index in [4.69, 9.17) is 0 Å².